The Balaban J connectivity index is 2.65. The van der Waals surface area contributed by atoms with Gasteiger partial charge in [0.1, 0.15) is 12.2 Å². The number of aliphatic hydroxyl groups excluding tert-OH is 1. The van der Waals surface area contributed by atoms with Gasteiger partial charge in [-0.25, -0.2) is 9.59 Å². The number of benzene rings is 1. The van der Waals surface area contributed by atoms with Gasteiger partial charge in [0.15, 0.2) is 0 Å². The third-order valence-electron chi connectivity index (χ3n) is 3.53. The van der Waals surface area contributed by atoms with Crippen molar-refractivity contribution >= 4 is 18.2 Å². The zero-order valence-electron chi connectivity index (χ0n) is 17.3. The number of alkyl carbamates (subject to hydrolysis) is 2. The van der Waals surface area contributed by atoms with Crippen LogP contribution in [0.1, 0.15) is 39.7 Å². The Labute approximate surface area is 170 Å². The maximum absolute atomic E-state index is 12.1. The molecule has 9 heteroatoms. The second kappa shape index (κ2) is 11.9. The second-order valence-corrected chi connectivity index (χ2v) is 7.27. The Hall–Kier alpha value is -2.81. The molecule has 0 radical (unpaired) electrons. The van der Waals surface area contributed by atoms with Crippen molar-refractivity contribution in [3.8, 4) is 0 Å². The van der Waals surface area contributed by atoms with Crippen LogP contribution in [0.5, 0.6) is 0 Å². The van der Waals surface area contributed by atoms with Crippen LogP contribution in [0.25, 0.3) is 0 Å². The Bertz CT molecular complexity index is 659. The standard InChI is InChI=1S/C20H30N2O7/c1-5-27-17(24)11-16(23)15(12-21-18(25)29-20(2,3)4)22-19(26)28-13-14-9-7-6-8-10-14/h6-10,15-16,23H,5,11-13H2,1-4H3,(H,21,25)(H,22,26)/t15-,16+/m0/s1. The summed E-state index contributed by atoms with van der Waals surface area (Å²) in [6, 6.07) is 8.07. The van der Waals surface area contributed by atoms with Crippen molar-refractivity contribution in [2.24, 2.45) is 0 Å². The van der Waals surface area contributed by atoms with E-state index in [1.807, 2.05) is 18.2 Å². The molecule has 3 N–H and O–H groups in total. The van der Waals surface area contributed by atoms with Gasteiger partial charge >= 0.3 is 18.2 Å². The summed E-state index contributed by atoms with van der Waals surface area (Å²) < 4.78 is 15.1. The van der Waals surface area contributed by atoms with E-state index in [0.29, 0.717) is 0 Å². The first-order valence-corrected chi connectivity index (χ1v) is 9.38. The molecule has 1 aromatic carbocycles. The van der Waals surface area contributed by atoms with Crippen molar-refractivity contribution < 1.29 is 33.7 Å². The van der Waals surface area contributed by atoms with Crippen molar-refractivity contribution in [1.29, 1.82) is 0 Å². The van der Waals surface area contributed by atoms with E-state index < -0.39 is 35.9 Å². The molecule has 0 aliphatic carbocycles. The molecule has 0 bridgehead atoms. The Morgan fingerprint density at radius 1 is 1.07 bits per heavy atom. The molecule has 1 rings (SSSR count). The molecule has 0 saturated carbocycles. The highest BCUT2D eigenvalue weighted by Crippen LogP contribution is 2.07. The number of hydrogen-bond acceptors (Lipinski definition) is 7. The van der Waals surface area contributed by atoms with Gasteiger partial charge in [0.05, 0.1) is 25.2 Å². The van der Waals surface area contributed by atoms with Crippen LogP contribution >= 0.6 is 0 Å². The summed E-state index contributed by atoms with van der Waals surface area (Å²) in [6.07, 6.45) is -3.17. The molecule has 0 aromatic heterocycles. The number of nitrogens with one attached hydrogen (secondary N) is 2. The lowest BCUT2D eigenvalue weighted by atomic mass is 10.1. The van der Waals surface area contributed by atoms with E-state index in [1.165, 1.54) is 0 Å². The zero-order valence-corrected chi connectivity index (χ0v) is 17.3. The SMILES string of the molecule is CCOC(=O)C[C@@H](O)[C@H](CNC(=O)OC(C)(C)C)NC(=O)OCc1ccccc1. The summed E-state index contributed by atoms with van der Waals surface area (Å²) in [6.45, 7) is 6.79. The number of aliphatic hydroxyl groups is 1. The molecule has 0 unspecified atom stereocenters. The summed E-state index contributed by atoms with van der Waals surface area (Å²) in [5.41, 5.74) is 0.0868. The number of amides is 2. The van der Waals surface area contributed by atoms with Gasteiger partial charge in [-0.2, -0.15) is 0 Å². The molecule has 2 atom stereocenters. The number of rotatable bonds is 9. The van der Waals surface area contributed by atoms with Crippen molar-refractivity contribution in [3.05, 3.63) is 35.9 Å². The Morgan fingerprint density at radius 3 is 2.31 bits per heavy atom. The molecular formula is C20H30N2O7. The molecule has 0 aliphatic heterocycles. The van der Waals surface area contributed by atoms with Crippen LogP contribution in [0.3, 0.4) is 0 Å². The minimum Gasteiger partial charge on any atom is -0.466 e. The zero-order chi connectivity index (χ0) is 21.9. The average molecular weight is 410 g/mol. The van der Waals surface area contributed by atoms with Gasteiger partial charge in [0, 0.05) is 6.54 Å². The van der Waals surface area contributed by atoms with Gasteiger partial charge in [-0.15, -0.1) is 0 Å². The number of esters is 1. The molecule has 9 nitrogen and oxygen atoms in total. The van der Waals surface area contributed by atoms with Crippen LogP contribution in [-0.2, 0) is 25.6 Å². The molecule has 1 aromatic rings. The first-order chi connectivity index (χ1) is 13.6. The van der Waals surface area contributed by atoms with Crippen LogP contribution in [0.4, 0.5) is 9.59 Å². The number of carbonyl (C=O) groups is 3. The smallest absolute Gasteiger partial charge is 0.407 e. The van der Waals surface area contributed by atoms with Crippen LogP contribution in [0, 0.1) is 0 Å². The summed E-state index contributed by atoms with van der Waals surface area (Å²) in [5, 5.41) is 15.2. The number of ether oxygens (including phenoxy) is 3. The monoisotopic (exact) mass is 410 g/mol. The van der Waals surface area contributed by atoms with E-state index in [0.717, 1.165) is 5.56 Å². The van der Waals surface area contributed by atoms with Gasteiger partial charge in [-0.3, -0.25) is 4.79 Å². The maximum atomic E-state index is 12.1. The van der Waals surface area contributed by atoms with Gasteiger partial charge in [-0.05, 0) is 33.3 Å². The number of carbonyl (C=O) groups excluding carboxylic acids is 3. The molecule has 0 heterocycles. The summed E-state index contributed by atoms with van der Waals surface area (Å²) in [5.74, 6) is -0.623. The van der Waals surface area contributed by atoms with Gasteiger partial charge in [0.25, 0.3) is 0 Å². The van der Waals surface area contributed by atoms with Crippen LogP contribution in [-0.4, -0.2) is 54.2 Å². The largest absolute Gasteiger partial charge is 0.466 e. The van der Waals surface area contributed by atoms with Gasteiger partial charge in [-0.1, -0.05) is 30.3 Å². The predicted molar refractivity (Wildman–Crippen MR) is 105 cm³/mol. The molecule has 0 saturated heterocycles. The molecule has 0 fully saturated rings. The second-order valence-electron chi connectivity index (χ2n) is 7.27. The van der Waals surface area contributed by atoms with Crippen LogP contribution in [0.15, 0.2) is 30.3 Å². The highest BCUT2D eigenvalue weighted by atomic mass is 16.6. The first-order valence-electron chi connectivity index (χ1n) is 9.38. The van der Waals surface area contributed by atoms with Crippen molar-refractivity contribution in [1.82, 2.24) is 10.6 Å². The molecule has 29 heavy (non-hydrogen) atoms. The van der Waals surface area contributed by atoms with Crippen molar-refractivity contribution in [3.63, 3.8) is 0 Å². The van der Waals surface area contributed by atoms with Crippen LogP contribution < -0.4 is 10.6 Å². The van der Waals surface area contributed by atoms with Crippen molar-refractivity contribution in [2.75, 3.05) is 13.2 Å². The molecule has 162 valence electrons. The number of hydrogen-bond donors (Lipinski definition) is 3. The fraction of sp³-hybridized carbons (Fsp3) is 0.550. The summed E-state index contributed by atoms with van der Waals surface area (Å²) in [4.78, 5) is 35.6. The third kappa shape index (κ3) is 10.9. The van der Waals surface area contributed by atoms with E-state index in [9.17, 15) is 19.5 Å². The Kier molecular flexibility index (Phi) is 9.94. The topological polar surface area (TPSA) is 123 Å². The molecular weight excluding hydrogens is 380 g/mol. The predicted octanol–water partition coefficient (Wildman–Crippen LogP) is 2.12. The van der Waals surface area contributed by atoms with E-state index in [4.69, 9.17) is 14.2 Å². The minimum atomic E-state index is -1.30. The van der Waals surface area contributed by atoms with Gasteiger partial charge in [0.2, 0.25) is 0 Å². The fourth-order valence-corrected chi connectivity index (χ4v) is 2.24. The first kappa shape index (κ1) is 24.2. The summed E-state index contributed by atoms with van der Waals surface area (Å²) in [7, 11) is 0. The lowest BCUT2D eigenvalue weighted by Crippen LogP contribution is -2.51. The quantitative estimate of drug-likeness (QED) is 0.421. The van der Waals surface area contributed by atoms with E-state index in [2.05, 4.69) is 10.6 Å². The average Bonchev–Trinajstić information content (AvgIpc) is 2.63. The van der Waals surface area contributed by atoms with E-state index in [1.54, 1.807) is 39.8 Å². The summed E-state index contributed by atoms with van der Waals surface area (Å²) >= 11 is 0. The van der Waals surface area contributed by atoms with E-state index in [-0.39, 0.29) is 26.2 Å². The molecule has 0 aliphatic rings. The fourth-order valence-electron chi connectivity index (χ4n) is 2.24. The molecule has 0 spiro atoms. The van der Waals surface area contributed by atoms with Crippen molar-refractivity contribution in [2.45, 2.75) is 58.5 Å². The highest BCUT2D eigenvalue weighted by Gasteiger charge is 2.26. The lowest BCUT2D eigenvalue weighted by Gasteiger charge is -2.25. The van der Waals surface area contributed by atoms with Gasteiger partial charge < -0.3 is 30.0 Å². The normalized spacial score (nSPS) is 13.0. The molecule has 2 amide bonds. The lowest BCUT2D eigenvalue weighted by molar-refractivity contribution is -0.145. The minimum absolute atomic E-state index is 0.0346. The van der Waals surface area contributed by atoms with Crippen LogP contribution in [0.2, 0.25) is 0 Å². The third-order valence-corrected chi connectivity index (χ3v) is 3.53. The highest BCUT2D eigenvalue weighted by molar-refractivity contribution is 5.71. The van der Waals surface area contributed by atoms with E-state index >= 15 is 0 Å². The Morgan fingerprint density at radius 2 is 1.72 bits per heavy atom. The maximum Gasteiger partial charge on any atom is 0.407 e.